The normalized spacial score (nSPS) is 17.4. The second-order valence-electron chi connectivity index (χ2n) is 5.18. The van der Waals surface area contributed by atoms with Crippen LogP contribution >= 0.6 is 11.3 Å². The largest absolute Gasteiger partial charge is 0.342 e. The highest BCUT2D eigenvalue weighted by atomic mass is 32.1. The Hall–Kier alpha value is -0.870. The summed E-state index contributed by atoms with van der Waals surface area (Å²) in [5.41, 5.74) is 0. The van der Waals surface area contributed by atoms with Gasteiger partial charge in [-0.2, -0.15) is 0 Å². The number of carbonyl (C=O) groups excluding carboxylic acids is 1. The molecule has 1 aliphatic heterocycles. The molecule has 1 amide bonds. The van der Waals surface area contributed by atoms with Crippen molar-refractivity contribution in [2.24, 2.45) is 0 Å². The summed E-state index contributed by atoms with van der Waals surface area (Å²) in [5.74, 6) is 0.261. The molecule has 1 aromatic heterocycles. The molecule has 106 valence electrons. The highest BCUT2D eigenvalue weighted by molar-refractivity contribution is 7.10. The molecule has 1 fully saturated rings. The zero-order valence-electron chi connectivity index (χ0n) is 11.7. The third kappa shape index (κ3) is 4.32. The van der Waals surface area contributed by atoms with E-state index < -0.39 is 0 Å². The van der Waals surface area contributed by atoms with E-state index >= 15 is 0 Å². The fourth-order valence-electron chi connectivity index (χ4n) is 2.59. The fraction of sp³-hybridized carbons (Fsp3) is 0.667. The van der Waals surface area contributed by atoms with Crippen molar-refractivity contribution in [2.45, 2.75) is 45.1 Å². The molecule has 4 heteroatoms. The number of thiophene rings is 1. The third-order valence-corrected chi connectivity index (χ3v) is 4.66. The van der Waals surface area contributed by atoms with Gasteiger partial charge in [0.25, 0.3) is 0 Å². The molecule has 1 saturated heterocycles. The molecule has 1 aliphatic rings. The Morgan fingerprint density at radius 1 is 1.42 bits per heavy atom. The van der Waals surface area contributed by atoms with E-state index in [2.05, 4.69) is 29.8 Å². The van der Waals surface area contributed by atoms with Crippen LogP contribution in [0.15, 0.2) is 17.5 Å². The van der Waals surface area contributed by atoms with E-state index in [1.54, 1.807) is 11.3 Å². The Morgan fingerprint density at radius 2 is 2.21 bits per heavy atom. The predicted octanol–water partition coefficient (Wildman–Crippen LogP) is 3.19. The maximum absolute atomic E-state index is 12.1. The van der Waals surface area contributed by atoms with Crippen LogP contribution in [0.4, 0.5) is 0 Å². The highest BCUT2D eigenvalue weighted by Crippen LogP contribution is 2.23. The summed E-state index contributed by atoms with van der Waals surface area (Å²) < 4.78 is 0. The van der Waals surface area contributed by atoms with Crippen LogP contribution in [0.3, 0.4) is 0 Å². The summed E-state index contributed by atoms with van der Waals surface area (Å²) in [7, 11) is 0. The van der Waals surface area contributed by atoms with Gasteiger partial charge >= 0.3 is 0 Å². The first-order valence-electron chi connectivity index (χ1n) is 7.36. The van der Waals surface area contributed by atoms with Crippen LogP contribution in [0, 0.1) is 0 Å². The van der Waals surface area contributed by atoms with E-state index in [1.165, 1.54) is 11.3 Å². The van der Waals surface area contributed by atoms with Gasteiger partial charge in [0.1, 0.15) is 0 Å². The van der Waals surface area contributed by atoms with Gasteiger partial charge in [0.15, 0.2) is 0 Å². The number of piperidine rings is 1. The lowest BCUT2D eigenvalue weighted by atomic mass is 10.1. The number of nitrogens with zero attached hydrogens (tertiary/aromatic N) is 1. The first-order valence-corrected chi connectivity index (χ1v) is 8.23. The van der Waals surface area contributed by atoms with Crippen molar-refractivity contribution in [1.29, 1.82) is 0 Å². The van der Waals surface area contributed by atoms with Gasteiger partial charge in [-0.3, -0.25) is 4.79 Å². The van der Waals surface area contributed by atoms with E-state index in [-0.39, 0.29) is 5.91 Å². The van der Waals surface area contributed by atoms with E-state index in [1.807, 2.05) is 4.90 Å². The number of amides is 1. The van der Waals surface area contributed by atoms with Gasteiger partial charge in [-0.05, 0) is 37.1 Å². The minimum Gasteiger partial charge on any atom is -0.342 e. The summed E-state index contributed by atoms with van der Waals surface area (Å²) >= 11 is 1.77. The standard InChI is InChI=1S/C15H24N2OS/c1-2-7-13(14-8-6-11-19-14)16-12-15(18)17-9-4-3-5-10-17/h6,8,11,13,16H,2-5,7,9-10,12H2,1H3. The number of hydrogen-bond acceptors (Lipinski definition) is 3. The number of likely N-dealkylation sites (tertiary alicyclic amines) is 1. The zero-order chi connectivity index (χ0) is 13.5. The van der Waals surface area contributed by atoms with Gasteiger partial charge in [-0.1, -0.05) is 19.4 Å². The Bertz CT molecular complexity index is 372. The molecule has 1 atom stereocenters. The van der Waals surface area contributed by atoms with Crippen molar-refractivity contribution in [3.05, 3.63) is 22.4 Å². The van der Waals surface area contributed by atoms with Crippen LogP contribution in [0.2, 0.25) is 0 Å². The molecule has 1 unspecified atom stereocenters. The van der Waals surface area contributed by atoms with Crippen molar-refractivity contribution >= 4 is 17.2 Å². The molecule has 19 heavy (non-hydrogen) atoms. The quantitative estimate of drug-likeness (QED) is 0.868. The van der Waals surface area contributed by atoms with Crippen molar-refractivity contribution in [3.63, 3.8) is 0 Å². The minimum atomic E-state index is 0.261. The van der Waals surface area contributed by atoms with Gasteiger partial charge in [0.2, 0.25) is 5.91 Å². The maximum atomic E-state index is 12.1. The third-order valence-electron chi connectivity index (χ3n) is 3.67. The Morgan fingerprint density at radius 3 is 2.84 bits per heavy atom. The lowest BCUT2D eigenvalue weighted by Gasteiger charge is -2.27. The molecule has 0 spiro atoms. The summed E-state index contributed by atoms with van der Waals surface area (Å²) in [4.78, 5) is 15.5. The molecule has 0 bridgehead atoms. The number of nitrogens with one attached hydrogen (secondary N) is 1. The molecule has 0 aromatic carbocycles. The molecule has 0 radical (unpaired) electrons. The van der Waals surface area contributed by atoms with Crippen molar-refractivity contribution in [2.75, 3.05) is 19.6 Å². The number of hydrogen-bond donors (Lipinski definition) is 1. The van der Waals surface area contributed by atoms with Crippen LogP contribution in [-0.4, -0.2) is 30.4 Å². The average Bonchev–Trinajstić information content (AvgIpc) is 2.98. The highest BCUT2D eigenvalue weighted by Gasteiger charge is 2.18. The number of carbonyl (C=O) groups is 1. The lowest BCUT2D eigenvalue weighted by molar-refractivity contribution is -0.131. The summed E-state index contributed by atoms with van der Waals surface area (Å²) in [5, 5.41) is 5.54. The van der Waals surface area contributed by atoms with Crippen molar-refractivity contribution < 1.29 is 4.79 Å². The molecular formula is C15H24N2OS. The average molecular weight is 280 g/mol. The van der Waals surface area contributed by atoms with Gasteiger partial charge in [-0.25, -0.2) is 0 Å². The SMILES string of the molecule is CCCC(NCC(=O)N1CCCCC1)c1cccs1. The molecule has 3 nitrogen and oxygen atoms in total. The fourth-order valence-corrected chi connectivity index (χ4v) is 3.43. The van der Waals surface area contributed by atoms with E-state index in [4.69, 9.17) is 0 Å². The van der Waals surface area contributed by atoms with Crippen LogP contribution in [-0.2, 0) is 4.79 Å². The smallest absolute Gasteiger partial charge is 0.236 e. The van der Waals surface area contributed by atoms with E-state index in [9.17, 15) is 4.79 Å². The van der Waals surface area contributed by atoms with Crippen LogP contribution < -0.4 is 5.32 Å². The second kappa shape index (κ2) is 7.65. The summed E-state index contributed by atoms with van der Waals surface area (Å²) in [6.07, 6.45) is 5.82. The van der Waals surface area contributed by atoms with Gasteiger partial charge in [0, 0.05) is 24.0 Å². The molecule has 1 aromatic rings. The Balaban J connectivity index is 1.82. The molecule has 1 N–H and O–H groups in total. The maximum Gasteiger partial charge on any atom is 0.236 e. The molecule has 2 heterocycles. The van der Waals surface area contributed by atoms with Gasteiger partial charge in [0.05, 0.1) is 6.54 Å². The first-order chi connectivity index (χ1) is 9.31. The monoisotopic (exact) mass is 280 g/mol. The lowest BCUT2D eigenvalue weighted by Crippen LogP contribution is -2.41. The van der Waals surface area contributed by atoms with Crippen molar-refractivity contribution in [1.82, 2.24) is 10.2 Å². The van der Waals surface area contributed by atoms with Crippen LogP contribution in [0.25, 0.3) is 0 Å². The Kier molecular flexibility index (Phi) is 5.86. The van der Waals surface area contributed by atoms with E-state index in [0.29, 0.717) is 12.6 Å². The topological polar surface area (TPSA) is 32.3 Å². The van der Waals surface area contributed by atoms with Crippen LogP contribution in [0.5, 0.6) is 0 Å². The number of rotatable bonds is 6. The minimum absolute atomic E-state index is 0.261. The zero-order valence-corrected chi connectivity index (χ0v) is 12.5. The molecule has 0 aliphatic carbocycles. The van der Waals surface area contributed by atoms with Gasteiger partial charge < -0.3 is 10.2 Å². The molecule has 2 rings (SSSR count). The first kappa shape index (κ1) is 14.5. The summed E-state index contributed by atoms with van der Waals surface area (Å²) in [6, 6.07) is 4.57. The second-order valence-corrected chi connectivity index (χ2v) is 6.16. The molecule has 0 saturated carbocycles. The predicted molar refractivity (Wildman–Crippen MR) is 80.4 cm³/mol. The summed E-state index contributed by atoms with van der Waals surface area (Å²) in [6.45, 7) is 4.55. The van der Waals surface area contributed by atoms with E-state index in [0.717, 1.165) is 38.8 Å². The Labute approximate surface area is 120 Å². The molecular weight excluding hydrogens is 256 g/mol. The van der Waals surface area contributed by atoms with Gasteiger partial charge in [-0.15, -0.1) is 11.3 Å². The van der Waals surface area contributed by atoms with Crippen molar-refractivity contribution in [3.8, 4) is 0 Å². The van der Waals surface area contributed by atoms with Crippen LogP contribution in [0.1, 0.15) is 49.9 Å².